The van der Waals surface area contributed by atoms with Crippen LogP contribution < -0.4 is 15.4 Å². The Labute approximate surface area is 185 Å². The van der Waals surface area contributed by atoms with E-state index in [-0.39, 0.29) is 35.4 Å². The second-order valence-electron chi connectivity index (χ2n) is 5.96. The summed E-state index contributed by atoms with van der Waals surface area (Å²) in [4.78, 5) is 4.87. The van der Waals surface area contributed by atoms with Crippen LogP contribution in [0.4, 0.5) is 0 Å². The maximum Gasteiger partial charge on any atom is 0.240 e. The number of nitrogens with one attached hydrogen (secondary N) is 3. The van der Waals surface area contributed by atoms with Gasteiger partial charge in [-0.05, 0) is 36.6 Å². The Balaban J connectivity index is 0.00000392. The lowest BCUT2D eigenvalue weighted by atomic mass is 10.1. The summed E-state index contributed by atoms with van der Waals surface area (Å²) in [6, 6.07) is 16.6. The zero-order valence-electron chi connectivity index (χ0n) is 16.3. The van der Waals surface area contributed by atoms with Crippen molar-refractivity contribution in [1.29, 1.82) is 0 Å². The molecule has 0 fully saturated rings. The predicted octanol–water partition coefficient (Wildman–Crippen LogP) is 2.90. The number of halogens is 1. The van der Waals surface area contributed by atoms with Crippen LogP contribution in [0.1, 0.15) is 25.0 Å². The van der Waals surface area contributed by atoms with Crippen molar-refractivity contribution in [2.24, 2.45) is 4.99 Å². The summed E-state index contributed by atoms with van der Waals surface area (Å²) in [5.41, 5.74) is 2.48. The summed E-state index contributed by atoms with van der Waals surface area (Å²) in [5, 5.41) is 6.35. The largest absolute Gasteiger partial charge is 0.357 e. The molecule has 6 nitrogen and oxygen atoms in total. The van der Waals surface area contributed by atoms with Crippen molar-refractivity contribution in [1.82, 2.24) is 15.4 Å². The molecule has 2 aromatic rings. The van der Waals surface area contributed by atoms with Crippen molar-refractivity contribution >= 4 is 40.0 Å². The van der Waals surface area contributed by atoms with Gasteiger partial charge < -0.3 is 10.6 Å². The smallest absolute Gasteiger partial charge is 0.240 e. The molecule has 0 aliphatic heterocycles. The molecule has 0 amide bonds. The minimum Gasteiger partial charge on any atom is -0.357 e. The van der Waals surface area contributed by atoms with E-state index in [4.69, 9.17) is 0 Å². The first-order chi connectivity index (χ1) is 13.1. The topological polar surface area (TPSA) is 82.6 Å². The number of hydrogen-bond donors (Lipinski definition) is 3. The molecule has 0 radical (unpaired) electrons. The third-order valence-electron chi connectivity index (χ3n) is 4.01. The van der Waals surface area contributed by atoms with E-state index in [1.165, 1.54) is 11.1 Å². The van der Waals surface area contributed by atoms with Gasteiger partial charge in [0.2, 0.25) is 10.0 Å². The molecule has 3 N–H and O–H groups in total. The molecule has 0 aliphatic carbocycles. The van der Waals surface area contributed by atoms with Crippen LogP contribution in [0.5, 0.6) is 0 Å². The van der Waals surface area contributed by atoms with Gasteiger partial charge in [-0.25, -0.2) is 18.1 Å². The fourth-order valence-corrected chi connectivity index (χ4v) is 3.66. The van der Waals surface area contributed by atoms with Crippen LogP contribution in [0.15, 0.2) is 64.5 Å². The summed E-state index contributed by atoms with van der Waals surface area (Å²) < 4.78 is 27.0. The molecule has 0 spiro atoms. The second-order valence-corrected chi connectivity index (χ2v) is 7.72. The van der Waals surface area contributed by atoms with E-state index in [9.17, 15) is 8.42 Å². The highest BCUT2D eigenvalue weighted by Gasteiger charge is 2.12. The summed E-state index contributed by atoms with van der Waals surface area (Å²) in [6.07, 6.45) is 0.969. The molecule has 154 valence electrons. The molecule has 0 atom stereocenters. The molecule has 0 heterocycles. The molecule has 0 saturated carbocycles. The first-order valence-corrected chi connectivity index (χ1v) is 10.7. The van der Waals surface area contributed by atoms with E-state index in [1.807, 2.05) is 19.1 Å². The highest BCUT2D eigenvalue weighted by Crippen LogP contribution is 2.10. The van der Waals surface area contributed by atoms with Gasteiger partial charge in [-0.3, -0.25) is 0 Å². The molecule has 28 heavy (non-hydrogen) atoms. The summed E-state index contributed by atoms with van der Waals surface area (Å²) >= 11 is 0. The first-order valence-electron chi connectivity index (χ1n) is 9.20. The lowest BCUT2D eigenvalue weighted by Gasteiger charge is -2.13. The summed E-state index contributed by atoms with van der Waals surface area (Å²) in [5.74, 6) is 0.669. The molecule has 2 rings (SSSR count). The van der Waals surface area contributed by atoms with Gasteiger partial charge in [-0.2, -0.15) is 0 Å². The Morgan fingerprint density at radius 2 is 1.54 bits per heavy atom. The van der Waals surface area contributed by atoms with Crippen LogP contribution in [0.25, 0.3) is 0 Å². The Kier molecular flexibility index (Phi) is 11.1. The van der Waals surface area contributed by atoms with Gasteiger partial charge in [0.25, 0.3) is 0 Å². The minimum absolute atomic E-state index is 0. The molecule has 0 aromatic heterocycles. The van der Waals surface area contributed by atoms with E-state index in [2.05, 4.69) is 39.4 Å². The quantitative estimate of drug-likeness (QED) is 0.207. The Morgan fingerprint density at radius 3 is 2.18 bits per heavy atom. The molecule has 8 heteroatoms. The lowest BCUT2D eigenvalue weighted by molar-refractivity contribution is 0.580. The van der Waals surface area contributed by atoms with Crippen molar-refractivity contribution in [2.45, 2.75) is 31.7 Å². The highest BCUT2D eigenvalue weighted by molar-refractivity contribution is 14.0. The van der Waals surface area contributed by atoms with Crippen LogP contribution in [0.2, 0.25) is 0 Å². The maximum atomic E-state index is 12.2. The number of sulfonamides is 1. The number of aliphatic imine (C=N–C) groups is 1. The van der Waals surface area contributed by atoms with Crippen molar-refractivity contribution < 1.29 is 8.42 Å². The fourth-order valence-electron chi connectivity index (χ4n) is 2.61. The van der Waals surface area contributed by atoms with Crippen LogP contribution in [-0.4, -0.2) is 34.0 Å². The van der Waals surface area contributed by atoms with Crippen molar-refractivity contribution in [3.8, 4) is 0 Å². The molecular weight excluding hydrogens is 487 g/mol. The molecule has 0 saturated heterocycles. The van der Waals surface area contributed by atoms with Gasteiger partial charge in [0.1, 0.15) is 0 Å². The van der Waals surface area contributed by atoms with Gasteiger partial charge in [0, 0.05) is 19.6 Å². The third kappa shape index (κ3) is 7.76. The van der Waals surface area contributed by atoms with Gasteiger partial charge in [-0.15, -0.1) is 24.0 Å². The van der Waals surface area contributed by atoms with Crippen LogP contribution in [0, 0.1) is 0 Å². The lowest BCUT2D eigenvalue weighted by Crippen LogP contribution is -2.41. The molecular formula is C20H29IN4O2S. The third-order valence-corrected chi connectivity index (χ3v) is 5.49. The zero-order valence-corrected chi connectivity index (χ0v) is 19.5. The molecule has 0 aliphatic rings. The number of benzene rings is 2. The summed E-state index contributed by atoms with van der Waals surface area (Å²) in [6.45, 7) is 6.15. The average Bonchev–Trinajstić information content (AvgIpc) is 2.70. The molecule has 2 aromatic carbocycles. The van der Waals surface area contributed by atoms with Crippen LogP contribution in [-0.2, 0) is 23.0 Å². The molecule has 0 bridgehead atoms. The minimum atomic E-state index is -3.49. The SMILES string of the molecule is CCNC(=NCc1ccccc1CC)NCCNS(=O)(=O)c1ccccc1.I. The second kappa shape index (κ2) is 12.7. The van der Waals surface area contributed by atoms with Crippen molar-refractivity contribution in [2.75, 3.05) is 19.6 Å². The van der Waals surface area contributed by atoms with Gasteiger partial charge in [0.15, 0.2) is 5.96 Å². The van der Waals surface area contributed by atoms with Gasteiger partial charge in [-0.1, -0.05) is 49.4 Å². The number of hydrogen-bond acceptors (Lipinski definition) is 3. The van der Waals surface area contributed by atoms with Gasteiger partial charge >= 0.3 is 0 Å². The van der Waals surface area contributed by atoms with Crippen molar-refractivity contribution in [3.63, 3.8) is 0 Å². The normalized spacial score (nSPS) is 11.6. The number of rotatable bonds is 9. The molecule has 0 unspecified atom stereocenters. The number of aryl methyl sites for hydroxylation is 1. The van der Waals surface area contributed by atoms with E-state index in [0.29, 0.717) is 19.0 Å². The van der Waals surface area contributed by atoms with Crippen LogP contribution in [0.3, 0.4) is 0 Å². The average molecular weight is 516 g/mol. The highest BCUT2D eigenvalue weighted by atomic mass is 127. The zero-order chi connectivity index (χ0) is 19.5. The van der Waals surface area contributed by atoms with E-state index < -0.39 is 10.0 Å². The maximum absolute atomic E-state index is 12.2. The number of nitrogens with zero attached hydrogens (tertiary/aromatic N) is 1. The monoisotopic (exact) mass is 516 g/mol. The van der Waals surface area contributed by atoms with Crippen LogP contribution >= 0.6 is 24.0 Å². The predicted molar refractivity (Wildman–Crippen MR) is 126 cm³/mol. The van der Waals surface area contributed by atoms with Gasteiger partial charge in [0.05, 0.1) is 11.4 Å². The Bertz CT molecular complexity index is 842. The number of guanidine groups is 1. The van der Waals surface area contributed by atoms with E-state index in [0.717, 1.165) is 13.0 Å². The Morgan fingerprint density at radius 1 is 0.893 bits per heavy atom. The van der Waals surface area contributed by atoms with E-state index >= 15 is 0 Å². The first kappa shape index (κ1) is 24.4. The summed E-state index contributed by atoms with van der Waals surface area (Å²) in [7, 11) is -3.49. The fraction of sp³-hybridized carbons (Fsp3) is 0.350. The van der Waals surface area contributed by atoms with E-state index in [1.54, 1.807) is 30.3 Å². The Hall–Kier alpha value is -1.65. The van der Waals surface area contributed by atoms with Crippen molar-refractivity contribution in [3.05, 3.63) is 65.7 Å². The standard InChI is InChI=1S/C20H28N4O2S.HI/c1-3-17-10-8-9-11-18(17)16-23-20(21-4-2)22-14-15-24-27(25,26)19-12-6-5-7-13-19;/h5-13,24H,3-4,14-16H2,1-2H3,(H2,21,22,23);1H.